The topological polar surface area (TPSA) is 61.6 Å². The molecule has 2 saturated heterocycles. The average Bonchev–Trinajstić information content (AvgIpc) is 3.41. The number of piperidine rings is 2. The molecule has 2 aromatic rings. The molecule has 1 amide bonds. The van der Waals surface area contributed by atoms with Crippen molar-refractivity contribution >= 4 is 23.0 Å². The van der Waals surface area contributed by atoms with Gasteiger partial charge >= 0.3 is 0 Å². The number of anilines is 1. The van der Waals surface area contributed by atoms with E-state index in [2.05, 4.69) is 27.0 Å². The number of likely N-dealkylation sites (tertiary alicyclic amines) is 1. The molecule has 6 heteroatoms. The Morgan fingerprint density at radius 2 is 2.00 bits per heavy atom. The largest absolute Gasteiger partial charge is 0.423 e. The number of hydrogen-bond donors (Lipinski definition) is 1. The van der Waals surface area contributed by atoms with Crippen LogP contribution in [0.4, 0.5) is 6.01 Å². The number of benzene rings is 1. The first-order valence-corrected chi connectivity index (χ1v) is 11.3. The highest BCUT2D eigenvalue weighted by Gasteiger charge is 2.43. The maximum Gasteiger partial charge on any atom is 0.298 e. The average molecular weight is 397 g/mol. The van der Waals surface area contributed by atoms with Gasteiger partial charge in [-0.25, -0.2) is 0 Å². The molecule has 1 aromatic heterocycles. The molecule has 156 valence electrons. The Hall–Kier alpha value is -2.08. The molecule has 1 saturated carbocycles. The van der Waals surface area contributed by atoms with Gasteiger partial charge in [0.05, 0.1) is 5.92 Å². The normalized spacial score (nSPS) is 25.3. The van der Waals surface area contributed by atoms with Gasteiger partial charge in [0, 0.05) is 31.2 Å². The molecular weight excluding hydrogens is 364 g/mol. The van der Waals surface area contributed by atoms with Crippen molar-refractivity contribution in [1.82, 2.24) is 15.2 Å². The predicted molar refractivity (Wildman–Crippen MR) is 114 cm³/mol. The minimum Gasteiger partial charge on any atom is -0.423 e. The Morgan fingerprint density at radius 3 is 2.72 bits per heavy atom. The molecule has 0 spiro atoms. The van der Waals surface area contributed by atoms with Crippen molar-refractivity contribution in [3.8, 4) is 0 Å². The minimum atomic E-state index is 0.129. The van der Waals surface area contributed by atoms with E-state index in [1.165, 1.54) is 0 Å². The lowest BCUT2D eigenvalue weighted by atomic mass is 9.93. The zero-order chi connectivity index (χ0) is 19.8. The van der Waals surface area contributed by atoms with Crippen LogP contribution in [0.15, 0.2) is 28.7 Å². The van der Waals surface area contributed by atoms with Gasteiger partial charge in [0.15, 0.2) is 5.58 Å². The van der Waals surface area contributed by atoms with E-state index in [9.17, 15) is 4.79 Å². The van der Waals surface area contributed by atoms with Gasteiger partial charge in [-0.1, -0.05) is 19.1 Å². The van der Waals surface area contributed by atoms with Crippen LogP contribution in [0.3, 0.4) is 0 Å². The number of nitrogens with one attached hydrogen (secondary N) is 1. The van der Waals surface area contributed by atoms with Crippen LogP contribution in [0.25, 0.3) is 11.1 Å². The SMILES string of the molecule is CCC1(NC(=O)C2CCCN(C3CCN(c4nc5ccccc5o4)CC3)C2)CC1. The van der Waals surface area contributed by atoms with E-state index in [0.717, 1.165) is 88.2 Å². The van der Waals surface area contributed by atoms with Gasteiger partial charge in [-0.2, -0.15) is 4.98 Å². The zero-order valence-corrected chi connectivity index (χ0v) is 17.4. The number of carbonyl (C=O) groups is 1. The second kappa shape index (κ2) is 7.63. The first kappa shape index (κ1) is 18.9. The summed E-state index contributed by atoms with van der Waals surface area (Å²) in [5.74, 6) is 0.445. The van der Waals surface area contributed by atoms with E-state index in [4.69, 9.17) is 4.42 Å². The van der Waals surface area contributed by atoms with Crippen LogP contribution in [0.2, 0.25) is 0 Å². The number of hydrogen-bond acceptors (Lipinski definition) is 5. The molecular formula is C23H32N4O2. The van der Waals surface area contributed by atoms with Crippen LogP contribution < -0.4 is 10.2 Å². The van der Waals surface area contributed by atoms with E-state index >= 15 is 0 Å². The summed E-state index contributed by atoms with van der Waals surface area (Å²) in [5.41, 5.74) is 1.91. The zero-order valence-electron chi connectivity index (χ0n) is 17.4. The fourth-order valence-electron chi connectivity index (χ4n) is 5.05. The summed E-state index contributed by atoms with van der Waals surface area (Å²) in [4.78, 5) is 22.3. The highest BCUT2D eigenvalue weighted by Crippen LogP contribution is 2.39. The highest BCUT2D eigenvalue weighted by atomic mass is 16.4. The summed E-state index contributed by atoms with van der Waals surface area (Å²) in [6.07, 6.45) is 7.73. The molecule has 1 N–H and O–H groups in total. The molecule has 3 fully saturated rings. The Bertz CT molecular complexity index is 834. The first-order chi connectivity index (χ1) is 14.2. The van der Waals surface area contributed by atoms with Crippen molar-refractivity contribution in [1.29, 1.82) is 0 Å². The molecule has 3 heterocycles. The third-order valence-corrected chi connectivity index (χ3v) is 7.28. The van der Waals surface area contributed by atoms with Crippen LogP contribution in [-0.4, -0.2) is 53.6 Å². The number of carbonyl (C=O) groups excluding carboxylic acids is 1. The predicted octanol–water partition coefficient (Wildman–Crippen LogP) is 3.57. The van der Waals surface area contributed by atoms with E-state index in [1.54, 1.807) is 0 Å². The summed E-state index contributed by atoms with van der Waals surface area (Å²) in [7, 11) is 0. The lowest BCUT2D eigenvalue weighted by molar-refractivity contribution is -0.128. The van der Waals surface area contributed by atoms with E-state index in [0.29, 0.717) is 6.04 Å². The highest BCUT2D eigenvalue weighted by molar-refractivity contribution is 5.80. The molecule has 1 aliphatic carbocycles. The lowest BCUT2D eigenvalue weighted by Gasteiger charge is -2.41. The number of oxazole rings is 1. The Balaban J connectivity index is 1.16. The van der Waals surface area contributed by atoms with Crippen molar-refractivity contribution in [2.45, 2.75) is 63.5 Å². The van der Waals surface area contributed by atoms with Crippen molar-refractivity contribution in [2.24, 2.45) is 5.92 Å². The summed E-state index contributed by atoms with van der Waals surface area (Å²) < 4.78 is 5.95. The van der Waals surface area contributed by atoms with Crippen molar-refractivity contribution < 1.29 is 9.21 Å². The molecule has 0 radical (unpaired) electrons. The standard InChI is InChI=1S/C23H32N4O2/c1-2-23(11-12-23)25-21(28)17-6-5-13-27(16-17)18-9-14-26(15-10-18)22-24-19-7-3-4-8-20(19)29-22/h3-4,7-8,17-18H,2,5-6,9-16H2,1H3,(H,25,28). The summed E-state index contributed by atoms with van der Waals surface area (Å²) in [6, 6.07) is 9.26. The van der Waals surface area contributed by atoms with Crippen LogP contribution in [0, 0.1) is 5.92 Å². The fourth-order valence-corrected chi connectivity index (χ4v) is 5.05. The molecule has 2 aliphatic heterocycles. The third-order valence-electron chi connectivity index (χ3n) is 7.28. The van der Waals surface area contributed by atoms with Crippen molar-refractivity contribution in [2.75, 3.05) is 31.1 Å². The van der Waals surface area contributed by atoms with Crippen LogP contribution in [-0.2, 0) is 4.79 Å². The summed E-state index contributed by atoms with van der Waals surface area (Å²) in [5, 5.41) is 3.36. The number of amides is 1. The fraction of sp³-hybridized carbons (Fsp3) is 0.652. The number of para-hydroxylation sites is 2. The van der Waals surface area contributed by atoms with Crippen molar-refractivity contribution in [3.63, 3.8) is 0 Å². The quantitative estimate of drug-likeness (QED) is 0.837. The summed E-state index contributed by atoms with van der Waals surface area (Å²) in [6.45, 7) is 6.15. The molecule has 0 bridgehead atoms. The number of aromatic nitrogens is 1. The minimum absolute atomic E-state index is 0.129. The number of nitrogens with zero attached hydrogens (tertiary/aromatic N) is 3. The van der Waals surface area contributed by atoms with Gasteiger partial charge in [-0.05, 0) is 63.6 Å². The molecule has 1 unspecified atom stereocenters. The van der Waals surface area contributed by atoms with E-state index < -0.39 is 0 Å². The Kier molecular flexibility index (Phi) is 4.98. The van der Waals surface area contributed by atoms with Gasteiger partial charge in [0.2, 0.25) is 5.91 Å². The maximum absolute atomic E-state index is 12.8. The second-order valence-electron chi connectivity index (χ2n) is 9.14. The van der Waals surface area contributed by atoms with Crippen LogP contribution in [0.1, 0.15) is 51.9 Å². The number of fused-ring (bicyclic) bond motifs is 1. The van der Waals surface area contributed by atoms with Crippen LogP contribution in [0.5, 0.6) is 0 Å². The van der Waals surface area contributed by atoms with Crippen molar-refractivity contribution in [3.05, 3.63) is 24.3 Å². The van der Waals surface area contributed by atoms with Gasteiger partial charge in [-0.3, -0.25) is 9.69 Å². The molecule has 3 aliphatic rings. The molecule has 1 aromatic carbocycles. The van der Waals surface area contributed by atoms with E-state index in [1.807, 2.05) is 24.3 Å². The Labute approximate surface area is 172 Å². The molecule has 5 rings (SSSR count). The van der Waals surface area contributed by atoms with Gasteiger partial charge in [0.25, 0.3) is 6.01 Å². The summed E-state index contributed by atoms with van der Waals surface area (Å²) >= 11 is 0. The van der Waals surface area contributed by atoms with Crippen LogP contribution >= 0.6 is 0 Å². The monoisotopic (exact) mass is 396 g/mol. The number of rotatable bonds is 5. The smallest absolute Gasteiger partial charge is 0.298 e. The van der Waals surface area contributed by atoms with E-state index in [-0.39, 0.29) is 17.4 Å². The third kappa shape index (κ3) is 3.87. The second-order valence-corrected chi connectivity index (χ2v) is 9.14. The lowest BCUT2D eigenvalue weighted by Crippen LogP contribution is -2.52. The first-order valence-electron chi connectivity index (χ1n) is 11.3. The molecule has 1 atom stereocenters. The van der Waals surface area contributed by atoms with Gasteiger partial charge in [0.1, 0.15) is 5.52 Å². The molecule has 29 heavy (non-hydrogen) atoms. The molecule has 6 nitrogen and oxygen atoms in total. The van der Waals surface area contributed by atoms with Gasteiger partial charge < -0.3 is 14.6 Å². The maximum atomic E-state index is 12.8. The Morgan fingerprint density at radius 1 is 1.21 bits per heavy atom. The van der Waals surface area contributed by atoms with Gasteiger partial charge in [-0.15, -0.1) is 0 Å².